The lowest BCUT2D eigenvalue weighted by Gasteiger charge is -2.14. The molecule has 0 unspecified atom stereocenters. The molecule has 3 aromatic rings. The first-order valence-electron chi connectivity index (χ1n) is 9.43. The molecule has 0 aliphatic carbocycles. The number of nitrogens with zero attached hydrogens (tertiary/aromatic N) is 1. The molecule has 0 saturated carbocycles. The van der Waals surface area contributed by atoms with Gasteiger partial charge in [-0.1, -0.05) is 51.1 Å². The summed E-state index contributed by atoms with van der Waals surface area (Å²) in [5.74, 6) is 0. The largest absolute Gasteiger partial charge is 0.323 e. The van der Waals surface area contributed by atoms with Gasteiger partial charge in [-0.25, -0.2) is 0 Å². The van der Waals surface area contributed by atoms with Crippen molar-refractivity contribution in [2.45, 2.75) is 40.0 Å². The zero-order chi connectivity index (χ0) is 18.9. The molecular formula is C23H30N2S. The Morgan fingerprint density at radius 3 is 1.92 bits per heavy atom. The van der Waals surface area contributed by atoms with Crippen molar-refractivity contribution in [2.75, 3.05) is 14.1 Å². The summed E-state index contributed by atoms with van der Waals surface area (Å²) in [6.45, 7) is 6.76. The predicted octanol–water partition coefficient (Wildman–Crippen LogP) is 6.00. The van der Waals surface area contributed by atoms with Crippen molar-refractivity contribution < 1.29 is 0 Å². The fraction of sp³-hybridized carbons (Fsp3) is 0.348. The van der Waals surface area contributed by atoms with Crippen LogP contribution in [0.3, 0.4) is 0 Å². The quantitative estimate of drug-likeness (QED) is 0.599. The summed E-state index contributed by atoms with van der Waals surface area (Å²) in [5, 5.41) is 2.75. The van der Waals surface area contributed by atoms with E-state index in [1.807, 2.05) is 20.3 Å². The third-order valence-corrected chi connectivity index (χ3v) is 5.32. The fourth-order valence-corrected chi connectivity index (χ4v) is 4.04. The maximum atomic E-state index is 4.47. The number of benzene rings is 2. The monoisotopic (exact) mass is 366 g/mol. The molecule has 0 spiro atoms. The minimum Gasteiger partial charge on any atom is -0.323 e. The Kier molecular flexibility index (Phi) is 8.02. The van der Waals surface area contributed by atoms with Crippen LogP contribution in [0.1, 0.15) is 37.5 Å². The molecule has 0 aliphatic rings. The highest BCUT2D eigenvalue weighted by molar-refractivity contribution is 7.10. The molecule has 1 N–H and O–H groups in total. The molecule has 3 rings (SSSR count). The zero-order valence-electron chi connectivity index (χ0n) is 16.6. The lowest BCUT2D eigenvalue weighted by atomic mass is 9.91. The minimum atomic E-state index is 1.09. The normalized spacial score (nSPS) is 10.3. The van der Waals surface area contributed by atoms with Crippen molar-refractivity contribution in [2.24, 2.45) is 0 Å². The molecule has 26 heavy (non-hydrogen) atoms. The summed E-state index contributed by atoms with van der Waals surface area (Å²) in [7, 11) is 3.75. The highest BCUT2D eigenvalue weighted by atomic mass is 32.1. The highest BCUT2D eigenvalue weighted by Gasteiger charge is 2.14. The average molecular weight is 367 g/mol. The highest BCUT2D eigenvalue weighted by Crippen LogP contribution is 2.37. The molecule has 3 heteroatoms. The van der Waals surface area contributed by atoms with Crippen molar-refractivity contribution in [3.8, 4) is 21.6 Å². The van der Waals surface area contributed by atoms with Crippen LogP contribution in [-0.2, 0) is 19.3 Å². The smallest absolute Gasteiger partial charge is 0.0628 e. The van der Waals surface area contributed by atoms with E-state index in [0.29, 0.717) is 0 Å². The summed E-state index contributed by atoms with van der Waals surface area (Å²) < 4.78 is 4.47. The maximum absolute atomic E-state index is 4.47. The van der Waals surface area contributed by atoms with Crippen LogP contribution < -0.4 is 5.32 Å². The first-order valence-corrected chi connectivity index (χ1v) is 10.2. The second-order valence-electron chi connectivity index (χ2n) is 6.27. The van der Waals surface area contributed by atoms with Gasteiger partial charge >= 0.3 is 0 Å². The second kappa shape index (κ2) is 10.2. The molecule has 0 fully saturated rings. The van der Waals surface area contributed by atoms with Crippen LogP contribution in [0.4, 0.5) is 0 Å². The number of nitrogens with one attached hydrogen (secondary N) is 1. The molecule has 1 heterocycles. The Morgan fingerprint density at radius 1 is 0.846 bits per heavy atom. The van der Waals surface area contributed by atoms with Crippen LogP contribution in [0.2, 0.25) is 0 Å². The SMILES string of the molecule is CCc1cc(-c2sncc2-c2ccccc2)cc(CC)c1CC.CNC. The predicted molar refractivity (Wildman–Crippen MR) is 116 cm³/mol. The van der Waals surface area contributed by atoms with Gasteiger partial charge in [0.1, 0.15) is 0 Å². The van der Waals surface area contributed by atoms with Crippen molar-refractivity contribution in [3.63, 3.8) is 0 Å². The Morgan fingerprint density at radius 2 is 1.42 bits per heavy atom. The molecule has 2 nitrogen and oxygen atoms in total. The summed E-state index contributed by atoms with van der Waals surface area (Å²) in [5.41, 5.74) is 8.29. The molecule has 0 saturated heterocycles. The van der Waals surface area contributed by atoms with Crippen LogP contribution >= 0.6 is 11.5 Å². The van der Waals surface area contributed by atoms with Crippen LogP contribution in [0.25, 0.3) is 21.6 Å². The Balaban J connectivity index is 0.000000758. The van der Waals surface area contributed by atoms with Gasteiger partial charge in [-0.2, -0.15) is 4.37 Å². The third kappa shape index (κ3) is 4.60. The Bertz CT molecular complexity index is 781. The number of rotatable bonds is 5. The lowest BCUT2D eigenvalue weighted by molar-refractivity contribution is 0.983. The molecule has 0 aliphatic heterocycles. The van der Waals surface area contributed by atoms with Crippen LogP contribution in [0.5, 0.6) is 0 Å². The van der Waals surface area contributed by atoms with Gasteiger partial charge in [-0.05, 0) is 84.8 Å². The van der Waals surface area contributed by atoms with Crippen LogP contribution in [-0.4, -0.2) is 18.5 Å². The lowest BCUT2D eigenvalue weighted by Crippen LogP contribution is -1.98. The zero-order valence-corrected chi connectivity index (χ0v) is 17.4. The van der Waals surface area contributed by atoms with E-state index < -0.39 is 0 Å². The van der Waals surface area contributed by atoms with Crippen molar-refractivity contribution in [1.82, 2.24) is 9.69 Å². The summed E-state index contributed by atoms with van der Waals surface area (Å²) in [4.78, 5) is 1.28. The number of aromatic nitrogens is 1. The van der Waals surface area contributed by atoms with Crippen LogP contribution in [0, 0.1) is 0 Å². The molecule has 0 radical (unpaired) electrons. The Labute approximate surface area is 162 Å². The van der Waals surface area contributed by atoms with Gasteiger partial charge in [0, 0.05) is 11.8 Å². The van der Waals surface area contributed by atoms with Gasteiger partial charge in [0.15, 0.2) is 0 Å². The van der Waals surface area contributed by atoms with E-state index >= 15 is 0 Å². The van der Waals surface area contributed by atoms with E-state index in [1.165, 1.54) is 38.3 Å². The molecular weight excluding hydrogens is 336 g/mol. The van der Waals surface area contributed by atoms with Gasteiger partial charge in [0.2, 0.25) is 0 Å². The summed E-state index contributed by atoms with van der Waals surface area (Å²) >= 11 is 1.60. The third-order valence-electron chi connectivity index (χ3n) is 4.47. The Hall–Kier alpha value is -1.97. The van der Waals surface area contributed by atoms with Crippen molar-refractivity contribution in [3.05, 3.63) is 65.4 Å². The maximum Gasteiger partial charge on any atom is 0.0628 e. The molecule has 0 atom stereocenters. The summed E-state index contributed by atoms with van der Waals surface area (Å²) in [6, 6.07) is 15.3. The molecule has 2 aromatic carbocycles. The standard InChI is InChI=1S/C21H23NS.C2H7N/c1-4-15-12-18(13-16(5-2)19(15)6-3)21-20(14-22-23-21)17-10-8-7-9-11-17;1-3-2/h7-14H,4-6H2,1-3H3;3H,1-2H3. The van der Waals surface area contributed by atoms with Gasteiger partial charge in [0.05, 0.1) is 4.88 Å². The van der Waals surface area contributed by atoms with E-state index in [-0.39, 0.29) is 0 Å². The van der Waals surface area contributed by atoms with Crippen molar-refractivity contribution >= 4 is 11.5 Å². The van der Waals surface area contributed by atoms with E-state index in [9.17, 15) is 0 Å². The molecule has 0 amide bonds. The van der Waals surface area contributed by atoms with Gasteiger partial charge in [-0.3, -0.25) is 0 Å². The van der Waals surface area contributed by atoms with Gasteiger partial charge in [0.25, 0.3) is 0 Å². The van der Waals surface area contributed by atoms with Crippen molar-refractivity contribution in [1.29, 1.82) is 0 Å². The first-order chi connectivity index (χ1) is 12.7. The molecule has 1 aromatic heterocycles. The average Bonchev–Trinajstić information content (AvgIpc) is 3.18. The number of aryl methyl sites for hydroxylation is 2. The fourth-order valence-electron chi connectivity index (χ4n) is 3.28. The van der Waals surface area contributed by atoms with E-state index in [1.54, 1.807) is 11.5 Å². The number of hydrogen-bond acceptors (Lipinski definition) is 3. The van der Waals surface area contributed by atoms with Gasteiger partial charge < -0.3 is 5.32 Å². The summed E-state index contributed by atoms with van der Waals surface area (Å²) in [6.07, 6.45) is 5.29. The van der Waals surface area contributed by atoms with E-state index in [2.05, 4.69) is 72.9 Å². The van der Waals surface area contributed by atoms with Gasteiger partial charge in [-0.15, -0.1) is 0 Å². The van der Waals surface area contributed by atoms with E-state index in [0.717, 1.165) is 19.3 Å². The number of hydrogen-bond donors (Lipinski definition) is 1. The minimum absolute atomic E-state index is 1.09. The van der Waals surface area contributed by atoms with Crippen LogP contribution in [0.15, 0.2) is 48.7 Å². The second-order valence-corrected chi connectivity index (χ2v) is 7.07. The molecule has 138 valence electrons. The van der Waals surface area contributed by atoms with E-state index in [4.69, 9.17) is 0 Å². The topological polar surface area (TPSA) is 24.9 Å². The molecule has 0 bridgehead atoms. The first kappa shape index (κ1) is 20.3.